The van der Waals surface area contributed by atoms with Crippen LogP contribution in [0.1, 0.15) is 59.7 Å². The molecule has 81 heavy (non-hydrogen) atoms. The van der Waals surface area contributed by atoms with Crippen molar-refractivity contribution in [1.82, 2.24) is 0 Å². The van der Waals surface area contributed by atoms with Gasteiger partial charge >= 0.3 is 23.5 Å². The van der Waals surface area contributed by atoms with E-state index >= 15 is 9.59 Å². The summed E-state index contributed by atoms with van der Waals surface area (Å²) in [7, 11) is 0. The highest BCUT2D eigenvalue weighted by molar-refractivity contribution is 6.09. The van der Waals surface area contributed by atoms with E-state index in [1.807, 2.05) is 212 Å². The standard InChI is InChI=1S/C67H52O14/c68-38-53-56(69)61-62(65(75-53)74-41-44-26-12-3-13-27-44)77-64(71)49-36-51(72-39-42-22-8-1-9-23-42)57-60(81-67(79-57,47-32-18-6-19-33-47)48-34-20-7-21-35-48)55(49)54-50(63(70)76-61)37-52-58(59(54)73-40-43-24-10-2-11-25-43)80-66(78-52,45-28-14-4-15-29-45)46-30-16-5-17-31-46/h1-37,53,56,61-62,65,68-69H,38-41H2/t53-,56-,61+,62-,65-/m1/s1. The SMILES string of the molecule is O=C1O[C@H]2[C@H](O)[C@@H](CO)O[C@@H](OCc3ccccc3)[C@@H]2OC(=O)c2cc(OCc3ccccc3)c3c(c2-c2c1cc1c(c2OCc2ccccc2)OC(c2ccccc2)(c2ccccc2)O1)OC(c1ccccc1)(c1ccccc1)O3. The van der Waals surface area contributed by atoms with Crippen molar-refractivity contribution in [3.63, 3.8) is 0 Å². The molecule has 1 saturated heterocycles. The summed E-state index contributed by atoms with van der Waals surface area (Å²) in [5, 5.41) is 22.8. The first-order chi connectivity index (χ1) is 39.8. The molecule has 5 atom stereocenters. The van der Waals surface area contributed by atoms with Gasteiger partial charge in [-0.15, -0.1) is 0 Å². The fourth-order valence-electron chi connectivity index (χ4n) is 10.8. The molecule has 14 nitrogen and oxygen atoms in total. The maximum Gasteiger partial charge on any atom is 0.339 e. The lowest BCUT2D eigenvalue weighted by Gasteiger charge is -2.43. The number of rotatable bonds is 14. The van der Waals surface area contributed by atoms with Gasteiger partial charge in [0.15, 0.2) is 41.5 Å². The molecule has 2 N–H and O–H groups in total. The molecule has 0 spiro atoms. The Hall–Kier alpha value is -9.44. The molecule has 4 aliphatic heterocycles. The number of aliphatic hydroxyl groups excluding tert-OH is 2. The zero-order valence-corrected chi connectivity index (χ0v) is 43.4. The highest BCUT2D eigenvalue weighted by Gasteiger charge is 2.55. The van der Waals surface area contributed by atoms with Crippen LogP contribution in [0.5, 0.6) is 34.5 Å². The molecule has 4 heterocycles. The second kappa shape index (κ2) is 21.7. The number of fused-ring (bicyclic) bond motifs is 7. The van der Waals surface area contributed by atoms with Gasteiger partial charge in [0.05, 0.1) is 24.3 Å². The molecule has 9 aromatic rings. The molecule has 14 heteroatoms. The number of hydrogen-bond donors (Lipinski definition) is 2. The average molecular weight is 1080 g/mol. The number of esters is 2. The lowest BCUT2D eigenvalue weighted by atomic mass is 9.90. The molecule has 1 fully saturated rings. The molecule has 404 valence electrons. The van der Waals surface area contributed by atoms with Crippen molar-refractivity contribution in [3.05, 3.63) is 275 Å². The molecule has 0 radical (unpaired) electrons. The second-order valence-corrected chi connectivity index (χ2v) is 19.8. The van der Waals surface area contributed by atoms with Crippen LogP contribution >= 0.6 is 0 Å². The molecule has 4 aliphatic rings. The third kappa shape index (κ3) is 9.43. The number of benzene rings is 9. The quantitative estimate of drug-likeness (QED) is 0.0987. The van der Waals surface area contributed by atoms with Crippen LogP contribution in [-0.4, -0.2) is 59.5 Å². The highest BCUT2D eigenvalue weighted by Crippen LogP contribution is 2.63. The summed E-state index contributed by atoms with van der Waals surface area (Å²) < 4.78 is 68.5. The lowest BCUT2D eigenvalue weighted by Crippen LogP contribution is -2.61. The number of carbonyl (C=O) groups is 2. The smallest absolute Gasteiger partial charge is 0.339 e. The molecule has 9 aromatic carbocycles. The van der Waals surface area contributed by atoms with E-state index in [4.69, 9.17) is 47.4 Å². The van der Waals surface area contributed by atoms with Crippen molar-refractivity contribution in [2.75, 3.05) is 6.61 Å². The predicted molar refractivity (Wildman–Crippen MR) is 295 cm³/mol. The van der Waals surface area contributed by atoms with Gasteiger partial charge in [0, 0.05) is 33.4 Å². The zero-order chi connectivity index (χ0) is 54.9. The topological polar surface area (TPSA) is 167 Å². The van der Waals surface area contributed by atoms with E-state index in [1.165, 1.54) is 12.1 Å². The molecule has 0 amide bonds. The first kappa shape index (κ1) is 51.0. The van der Waals surface area contributed by atoms with Crippen molar-refractivity contribution < 1.29 is 67.2 Å². The van der Waals surface area contributed by atoms with Crippen molar-refractivity contribution in [1.29, 1.82) is 0 Å². The molecular formula is C67H52O14. The summed E-state index contributed by atoms with van der Waals surface area (Å²) in [6.45, 7) is -0.833. The number of ether oxygens (including phenoxy) is 10. The van der Waals surface area contributed by atoms with Crippen LogP contribution in [0.4, 0.5) is 0 Å². The van der Waals surface area contributed by atoms with E-state index in [9.17, 15) is 10.2 Å². The van der Waals surface area contributed by atoms with Crippen LogP contribution < -0.4 is 28.4 Å². The van der Waals surface area contributed by atoms with Gasteiger partial charge in [-0.3, -0.25) is 0 Å². The van der Waals surface area contributed by atoms with Crippen molar-refractivity contribution >= 4 is 11.9 Å². The number of hydrogen-bond acceptors (Lipinski definition) is 14. The van der Waals surface area contributed by atoms with Gasteiger partial charge in [0.25, 0.3) is 0 Å². The Bertz CT molecular complexity index is 3620. The lowest BCUT2D eigenvalue weighted by molar-refractivity contribution is -0.302. The van der Waals surface area contributed by atoms with Crippen LogP contribution in [-0.2, 0) is 50.3 Å². The fourth-order valence-corrected chi connectivity index (χ4v) is 10.8. The Balaban J connectivity index is 1.09. The molecule has 0 aromatic heterocycles. The van der Waals surface area contributed by atoms with Gasteiger partial charge in [0.2, 0.25) is 11.5 Å². The summed E-state index contributed by atoms with van der Waals surface area (Å²) in [4.78, 5) is 32.0. The Labute approximate surface area is 466 Å². The van der Waals surface area contributed by atoms with Crippen LogP contribution in [0.15, 0.2) is 224 Å². The Kier molecular flexibility index (Phi) is 13.6. The van der Waals surface area contributed by atoms with Gasteiger partial charge in [-0.25, -0.2) is 9.59 Å². The summed E-state index contributed by atoms with van der Waals surface area (Å²) in [5.41, 5.74) is 4.19. The van der Waals surface area contributed by atoms with Gasteiger partial charge < -0.3 is 57.6 Å². The summed E-state index contributed by atoms with van der Waals surface area (Å²) in [6, 6.07) is 68.4. The predicted octanol–water partition coefficient (Wildman–Crippen LogP) is 11.2. The van der Waals surface area contributed by atoms with E-state index in [-0.39, 0.29) is 76.6 Å². The van der Waals surface area contributed by atoms with E-state index in [2.05, 4.69) is 0 Å². The van der Waals surface area contributed by atoms with E-state index < -0.39 is 60.8 Å². The fraction of sp³-hybridized carbons (Fsp3) is 0.164. The monoisotopic (exact) mass is 1080 g/mol. The summed E-state index contributed by atoms with van der Waals surface area (Å²) in [6.07, 6.45) is -7.94. The molecule has 0 bridgehead atoms. The van der Waals surface area contributed by atoms with Gasteiger partial charge in [-0.2, -0.15) is 0 Å². The first-order valence-corrected chi connectivity index (χ1v) is 26.6. The van der Waals surface area contributed by atoms with E-state index in [1.54, 1.807) is 0 Å². The van der Waals surface area contributed by atoms with Gasteiger partial charge in [-0.1, -0.05) is 212 Å². The van der Waals surface area contributed by atoms with Crippen molar-refractivity contribution in [2.24, 2.45) is 0 Å². The Morgan fingerprint density at radius 2 is 0.864 bits per heavy atom. The molecule has 0 aliphatic carbocycles. The highest BCUT2D eigenvalue weighted by atomic mass is 16.8. The van der Waals surface area contributed by atoms with Gasteiger partial charge in [0.1, 0.15) is 25.4 Å². The van der Waals surface area contributed by atoms with E-state index in [0.717, 1.165) is 16.7 Å². The van der Waals surface area contributed by atoms with Gasteiger partial charge in [-0.05, 0) is 28.8 Å². The normalized spacial score (nSPS) is 19.9. The van der Waals surface area contributed by atoms with Crippen LogP contribution in [0.3, 0.4) is 0 Å². The summed E-state index contributed by atoms with van der Waals surface area (Å²) >= 11 is 0. The minimum absolute atomic E-state index is 0.0188. The Morgan fingerprint density at radius 1 is 0.444 bits per heavy atom. The average Bonchev–Trinajstić information content (AvgIpc) is 3.85. The van der Waals surface area contributed by atoms with Crippen LogP contribution in [0.2, 0.25) is 0 Å². The minimum atomic E-state index is -1.75. The molecular weight excluding hydrogens is 1030 g/mol. The van der Waals surface area contributed by atoms with E-state index in [0.29, 0.717) is 22.3 Å². The molecule has 0 saturated carbocycles. The second-order valence-electron chi connectivity index (χ2n) is 19.8. The number of carbonyl (C=O) groups excluding carboxylic acids is 2. The maximum absolute atomic E-state index is 16.0. The third-order valence-corrected chi connectivity index (χ3v) is 14.7. The van der Waals surface area contributed by atoms with Crippen molar-refractivity contribution in [2.45, 2.75) is 62.1 Å². The first-order valence-electron chi connectivity index (χ1n) is 26.6. The maximum atomic E-state index is 16.0. The molecule has 13 rings (SSSR count). The summed E-state index contributed by atoms with van der Waals surface area (Å²) in [5.74, 6) is -5.24. The van der Waals surface area contributed by atoms with Crippen LogP contribution in [0, 0.1) is 0 Å². The zero-order valence-electron chi connectivity index (χ0n) is 43.4. The van der Waals surface area contributed by atoms with Crippen molar-refractivity contribution in [3.8, 4) is 45.6 Å². The Morgan fingerprint density at radius 3 is 1.37 bits per heavy atom. The van der Waals surface area contributed by atoms with Crippen LogP contribution in [0.25, 0.3) is 11.1 Å². The molecule has 0 unspecified atom stereocenters. The largest absolute Gasteiger partial charge is 0.485 e. The minimum Gasteiger partial charge on any atom is -0.485 e. The number of aliphatic hydroxyl groups is 2. The third-order valence-electron chi connectivity index (χ3n) is 14.7.